The molecule has 36 heavy (non-hydrogen) atoms. The normalized spacial score (nSPS) is 13.4. The largest absolute Gasteiger partial charge is 0.378 e. The van der Waals surface area contributed by atoms with Crippen molar-refractivity contribution in [1.29, 1.82) is 0 Å². The highest BCUT2D eigenvalue weighted by molar-refractivity contribution is 7.18. The van der Waals surface area contributed by atoms with E-state index in [1.54, 1.807) is 28.4 Å². The van der Waals surface area contributed by atoms with E-state index in [0.717, 1.165) is 26.7 Å². The number of carbonyl (C=O) groups is 2. The molecule has 2 amide bonds. The van der Waals surface area contributed by atoms with Gasteiger partial charge in [0.05, 0.1) is 41.5 Å². The minimum atomic E-state index is -0.212. The zero-order valence-corrected chi connectivity index (χ0v) is 20.9. The van der Waals surface area contributed by atoms with E-state index in [4.69, 9.17) is 9.72 Å². The zero-order valence-electron chi connectivity index (χ0n) is 20.1. The van der Waals surface area contributed by atoms with Crippen molar-refractivity contribution < 1.29 is 14.3 Å². The van der Waals surface area contributed by atoms with Crippen molar-refractivity contribution >= 4 is 28.8 Å². The summed E-state index contributed by atoms with van der Waals surface area (Å²) in [5.74, 6) is -0.315. The number of hydrogen-bond acceptors (Lipinski definition) is 5. The van der Waals surface area contributed by atoms with Crippen LogP contribution in [0.5, 0.6) is 0 Å². The van der Waals surface area contributed by atoms with Crippen LogP contribution >= 0.6 is 11.3 Å². The lowest BCUT2D eigenvalue weighted by Crippen LogP contribution is -2.41. The van der Waals surface area contributed by atoms with E-state index < -0.39 is 0 Å². The molecule has 0 aliphatic carbocycles. The molecule has 4 aromatic rings. The summed E-state index contributed by atoms with van der Waals surface area (Å²) in [6.45, 7) is 4.19. The highest BCUT2D eigenvalue weighted by atomic mass is 32.1. The van der Waals surface area contributed by atoms with Crippen LogP contribution in [0, 0.1) is 6.92 Å². The third kappa shape index (κ3) is 5.37. The van der Waals surface area contributed by atoms with Gasteiger partial charge in [-0.2, -0.15) is 0 Å². The van der Waals surface area contributed by atoms with Crippen LogP contribution in [0.4, 0.5) is 5.69 Å². The van der Waals surface area contributed by atoms with E-state index in [1.807, 2.05) is 42.5 Å². The average Bonchev–Trinajstić information content (AvgIpc) is 3.33. The Balaban J connectivity index is 1.41. The number of aryl methyl sites for hydroxylation is 1. The molecule has 0 unspecified atom stereocenters. The van der Waals surface area contributed by atoms with Crippen molar-refractivity contribution in [1.82, 2.24) is 9.88 Å². The summed E-state index contributed by atoms with van der Waals surface area (Å²) in [5, 5.41) is 3.83. The van der Waals surface area contributed by atoms with Gasteiger partial charge in [-0.15, -0.1) is 11.3 Å². The lowest BCUT2D eigenvalue weighted by Gasteiger charge is -2.27. The molecule has 1 aliphatic heterocycles. The predicted molar refractivity (Wildman–Crippen MR) is 143 cm³/mol. The number of nitrogens with zero attached hydrogens (tertiary/aromatic N) is 2. The summed E-state index contributed by atoms with van der Waals surface area (Å²) >= 11 is 1.58. The Morgan fingerprint density at radius 2 is 1.61 bits per heavy atom. The van der Waals surface area contributed by atoms with Crippen LogP contribution in [0.25, 0.3) is 21.0 Å². The summed E-state index contributed by atoms with van der Waals surface area (Å²) < 4.78 is 5.37. The van der Waals surface area contributed by atoms with Crippen LogP contribution in [0.15, 0.2) is 78.9 Å². The lowest BCUT2D eigenvalue weighted by atomic mass is 10.1. The minimum absolute atomic E-state index is 0.102. The third-order valence-electron chi connectivity index (χ3n) is 6.09. The Kier molecular flexibility index (Phi) is 7.21. The van der Waals surface area contributed by atoms with Gasteiger partial charge in [0.1, 0.15) is 5.01 Å². The molecule has 0 saturated carbocycles. The Morgan fingerprint density at radius 3 is 2.36 bits per heavy atom. The second-order valence-electron chi connectivity index (χ2n) is 8.70. The van der Waals surface area contributed by atoms with Gasteiger partial charge in [-0.1, -0.05) is 72.3 Å². The number of thiazole rings is 1. The number of benzene rings is 3. The predicted octanol–water partition coefficient (Wildman–Crippen LogP) is 5.44. The van der Waals surface area contributed by atoms with Gasteiger partial charge in [0.25, 0.3) is 5.91 Å². The van der Waals surface area contributed by atoms with E-state index in [1.165, 1.54) is 5.56 Å². The molecule has 182 valence electrons. The molecular formula is C29H27N3O3S. The summed E-state index contributed by atoms with van der Waals surface area (Å²) in [7, 11) is 0. The van der Waals surface area contributed by atoms with Crippen LogP contribution in [0.3, 0.4) is 0 Å². The van der Waals surface area contributed by atoms with Gasteiger partial charge in [-0.25, -0.2) is 4.98 Å². The van der Waals surface area contributed by atoms with Gasteiger partial charge in [0.2, 0.25) is 5.91 Å². The number of anilines is 1. The van der Waals surface area contributed by atoms with Gasteiger partial charge in [0, 0.05) is 18.7 Å². The Morgan fingerprint density at radius 1 is 0.917 bits per heavy atom. The van der Waals surface area contributed by atoms with E-state index in [9.17, 15) is 9.59 Å². The van der Waals surface area contributed by atoms with Crippen LogP contribution in [-0.4, -0.2) is 48.0 Å². The first-order valence-electron chi connectivity index (χ1n) is 12.0. The van der Waals surface area contributed by atoms with Crippen molar-refractivity contribution in [3.8, 4) is 21.0 Å². The Labute approximate surface area is 214 Å². The molecule has 1 N–H and O–H groups in total. The Hall–Kier alpha value is -3.81. The highest BCUT2D eigenvalue weighted by Crippen LogP contribution is 2.36. The topological polar surface area (TPSA) is 71.5 Å². The number of para-hydroxylation sites is 1. The van der Waals surface area contributed by atoms with Gasteiger partial charge < -0.3 is 15.0 Å². The zero-order chi connectivity index (χ0) is 24.9. The number of rotatable bonds is 6. The molecule has 6 nitrogen and oxygen atoms in total. The van der Waals surface area contributed by atoms with Crippen molar-refractivity contribution in [2.45, 2.75) is 13.3 Å². The third-order valence-corrected chi connectivity index (χ3v) is 7.29. The van der Waals surface area contributed by atoms with Gasteiger partial charge in [0.15, 0.2) is 0 Å². The molecule has 0 atom stereocenters. The molecule has 3 aromatic carbocycles. The van der Waals surface area contributed by atoms with E-state index >= 15 is 0 Å². The van der Waals surface area contributed by atoms with Crippen LogP contribution in [0.2, 0.25) is 0 Å². The SMILES string of the molecule is Cc1ccc(-c2sc(-c3ccccc3)nc2CC(=O)Nc2ccccc2C(=O)N2CCOCC2)cc1. The molecule has 5 rings (SSSR count). The first-order valence-corrected chi connectivity index (χ1v) is 12.8. The second kappa shape index (κ2) is 10.8. The fourth-order valence-electron chi connectivity index (χ4n) is 4.17. The monoisotopic (exact) mass is 497 g/mol. The molecule has 7 heteroatoms. The lowest BCUT2D eigenvalue weighted by molar-refractivity contribution is -0.115. The van der Waals surface area contributed by atoms with E-state index in [2.05, 4.69) is 36.5 Å². The molecule has 0 spiro atoms. The number of ether oxygens (including phenoxy) is 1. The van der Waals surface area contributed by atoms with Crippen molar-refractivity contribution in [2.75, 3.05) is 31.6 Å². The number of amides is 2. The molecule has 1 fully saturated rings. The first-order chi connectivity index (χ1) is 17.6. The summed E-state index contributed by atoms with van der Waals surface area (Å²) in [6.07, 6.45) is 0.104. The smallest absolute Gasteiger partial charge is 0.256 e. The molecule has 2 heterocycles. The Bertz CT molecular complexity index is 1360. The van der Waals surface area contributed by atoms with Crippen molar-refractivity contribution in [3.05, 3.63) is 95.7 Å². The molecule has 1 aromatic heterocycles. The molecular weight excluding hydrogens is 470 g/mol. The average molecular weight is 498 g/mol. The summed E-state index contributed by atoms with van der Waals surface area (Å²) in [4.78, 5) is 33.9. The van der Waals surface area contributed by atoms with Crippen LogP contribution in [-0.2, 0) is 16.0 Å². The van der Waals surface area contributed by atoms with Gasteiger partial charge >= 0.3 is 0 Å². The molecule has 0 bridgehead atoms. The maximum absolute atomic E-state index is 13.2. The van der Waals surface area contributed by atoms with Crippen molar-refractivity contribution in [2.24, 2.45) is 0 Å². The van der Waals surface area contributed by atoms with Gasteiger partial charge in [-0.3, -0.25) is 9.59 Å². The summed E-state index contributed by atoms with van der Waals surface area (Å²) in [5.41, 5.74) is 4.93. The van der Waals surface area contributed by atoms with Gasteiger partial charge in [-0.05, 0) is 24.6 Å². The van der Waals surface area contributed by atoms with Crippen molar-refractivity contribution in [3.63, 3.8) is 0 Å². The van der Waals surface area contributed by atoms with Crippen LogP contribution < -0.4 is 5.32 Å². The number of aromatic nitrogens is 1. The summed E-state index contributed by atoms with van der Waals surface area (Å²) in [6, 6.07) is 25.4. The fraction of sp³-hybridized carbons (Fsp3) is 0.207. The quantitative estimate of drug-likeness (QED) is 0.385. The number of morpholine rings is 1. The fourth-order valence-corrected chi connectivity index (χ4v) is 5.26. The maximum Gasteiger partial charge on any atom is 0.256 e. The number of carbonyl (C=O) groups excluding carboxylic acids is 2. The number of nitrogens with one attached hydrogen (secondary N) is 1. The highest BCUT2D eigenvalue weighted by Gasteiger charge is 2.23. The number of hydrogen-bond donors (Lipinski definition) is 1. The molecule has 1 aliphatic rings. The van der Waals surface area contributed by atoms with E-state index in [-0.39, 0.29) is 18.2 Å². The minimum Gasteiger partial charge on any atom is -0.378 e. The second-order valence-corrected chi connectivity index (χ2v) is 9.70. The molecule has 0 radical (unpaired) electrons. The maximum atomic E-state index is 13.2. The first kappa shape index (κ1) is 23.9. The van der Waals surface area contributed by atoms with E-state index in [0.29, 0.717) is 37.6 Å². The van der Waals surface area contributed by atoms with Crippen LogP contribution in [0.1, 0.15) is 21.6 Å². The standard InChI is InChI=1S/C29H27N3O3S/c1-20-11-13-21(14-12-20)27-25(31-28(36-27)22-7-3-2-4-8-22)19-26(33)30-24-10-6-5-9-23(24)29(34)32-15-17-35-18-16-32/h2-14H,15-19H2,1H3,(H,30,33). The molecule has 1 saturated heterocycles.